The maximum Gasteiger partial charge on any atom is 0.255 e. The van der Waals surface area contributed by atoms with Gasteiger partial charge in [-0.2, -0.15) is 0 Å². The van der Waals surface area contributed by atoms with E-state index in [2.05, 4.69) is 20.4 Å². The fourth-order valence-electron chi connectivity index (χ4n) is 3.36. The Labute approximate surface area is 182 Å². The average molecular weight is 426 g/mol. The largest absolute Gasteiger partial charge is 0.497 e. The van der Waals surface area contributed by atoms with Crippen molar-refractivity contribution in [2.24, 2.45) is 0 Å². The molecular formula is C24H18N4O4. The summed E-state index contributed by atoms with van der Waals surface area (Å²) in [6.45, 7) is 1.86. The second-order valence-corrected chi connectivity index (χ2v) is 7.15. The number of carbonyl (C=O) groups is 1. The second kappa shape index (κ2) is 7.99. The molecule has 0 fully saturated rings. The van der Waals surface area contributed by atoms with Crippen LogP contribution in [0.25, 0.3) is 33.8 Å². The predicted molar refractivity (Wildman–Crippen MR) is 118 cm³/mol. The summed E-state index contributed by atoms with van der Waals surface area (Å²) in [5.74, 6) is 0.882. The molecule has 0 aliphatic carbocycles. The fraction of sp³-hybridized carbons (Fsp3) is 0.0833. The molecule has 0 aliphatic heterocycles. The summed E-state index contributed by atoms with van der Waals surface area (Å²) in [4.78, 5) is 21.4. The summed E-state index contributed by atoms with van der Waals surface area (Å²) in [5.41, 5.74) is 4.27. The van der Waals surface area contributed by atoms with Gasteiger partial charge in [-0.05, 0) is 55.5 Å². The van der Waals surface area contributed by atoms with Gasteiger partial charge in [0, 0.05) is 28.7 Å². The molecule has 5 aromatic rings. The minimum Gasteiger partial charge on any atom is -0.497 e. The van der Waals surface area contributed by atoms with Crippen molar-refractivity contribution in [3.8, 4) is 28.6 Å². The zero-order valence-corrected chi connectivity index (χ0v) is 17.3. The molecule has 1 amide bonds. The third kappa shape index (κ3) is 3.69. The van der Waals surface area contributed by atoms with Crippen LogP contribution in [0, 0.1) is 6.92 Å². The average Bonchev–Trinajstić information content (AvgIpc) is 3.46. The van der Waals surface area contributed by atoms with Gasteiger partial charge in [0.15, 0.2) is 5.58 Å². The third-order valence-electron chi connectivity index (χ3n) is 4.95. The Kier molecular flexibility index (Phi) is 4.87. The van der Waals surface area contributed by atoms with Crippen LogP contribution in [0.4, 0.5) is 5.69 Å². The van der Waals surface area contributed by atoms with Gasteiger partial charge in [0.05, 0.1) is 12.5 Å². The van der Waals surface area contributed by atoms with Gasteiger partial charge in [0.1, 0.15) is 23.4 Å². The number of nitrogens with one attached hydrogen (secondary N) is 1. The quantitative estimate of drug-likeness (QED) is 0.416. The van der Waals surface area contributed by atoms with Crippen LogP contribution in [-0.2, 0) is 0 Å². The predicted octanol–water partition coefficient (Wildman–Crippen LogP) is 5.11. The van der Waals surface area contributed by atoms with E-state index in [1.807, 2.05) is 31.2 Å². The van der Waals surface area contributed by atoms with E-state index in [1.165, 1.54) is 6.26 Å². The number of aromatic nitrogens is 3. The summed E-state index contributed by atoms with van der Waals surface area (Å²) in [5, 5.41) is 7.68. The lowest BCUT2D eigenvalue weighted by molar-refractivity contribution is 0.102. The molecular weight excluding hydrogens is 408 g/mol. The zero-order chi connectivity index (χ0) is 22.1. The highest BCUT2D eigenvalue weighted by molar-refractivity contribution is 6.07. The van der Waals surface area contributed by atoms with Crippen LogP contribution in [0.5, 0.6) is 5.75 Å². The van der Waals surface area contributed by atoms with Crippen molar-refractivity contribution in [2.45, 2.75) is 6.92 Å². The number of pyridine rings is 1. The number of oxazole rings is 1. The molecule has 0 unspecified atom stereocenters. The number of ether oxygens (including phenoxy) is 1. The van der Waals surface area contributed by atoms with Gasteiger partial charge in [0.25, 0.3) is 5.91 Å². The van der Waals surface area contributed by atoms with Crippen molar-refractivity contribution in [1.82, 2.24) is 15.1 Å². The molecule has 32 heavy (non-hydrogen) atoms. The molecule has 8 heteroatoms. The molecule has 0 saturated heterocycles. The van der Waals surface area contributed by atoms with Crippen molar-refractivity contribution >= 4 is 22.6 Å². The molecule has 0 radical (unpaired) electrons. The molecule has 3 heterocycles. The maximum atomic E-state index is 12.8. The summed E-state index contributed by atoms with van der Waals surface area (Å²) in [7, 11) is 1.60. The Hall–Kier alpha value is -4.46. The van der Waals surface area contributed by atoms with E-state index in [0.717, 1.165) is 11.3 Å². The first kappa shape index (κ1) is 19.5. The Balaban J connectivity index is 1.47. The van der Waals surface area contributed by atoms with Crippen LogP contribution in [0.15, 0.2) is 76.0 Å². The maximum absolute atomic E-state index is 12.8. The molecule has 0 bridgehead atoms. The van der Waals surface area contributed by atoms with Gasteiger partial charge < -0.3 is 19.0 Å². The van der Waals surface area contributed by atoms with Crippen LogP contribution >= 0.6 is 0 Å². The number of benzene rings is 2. The van der Waals surface area contributed by atoms with Gasteiger partial charge >= 0.3 is 0 Å². The van der Waals surface area contributed by atoms with Gasteiger partial charge in [-0.25, -0.2) is 4.98 Å². The molecule has 0 aliphatic rings. The number of methoxy groups -OCH3 is 1. The van der Waals surface area contributed by atoms with E-state index in [4.69, 9.17) is 13.7 Å². The first-order valence-electron chi connectivity index (χ1n) is 9.84. The fourth-order valence-corrected chi connectivity index (χ4v) is 3.36. The van der Waals surface area contributed by atoms with Gasteiger partial charge in [0.2, 0.25) is 5.89 Å². The molecule has 2 aromatic carbocycles. The summed E-state index contributed by atoms with van der Waals surface area (Å²) >= 11 is 0. The van der Waals surface area contributed by atoms with E-state index >= 15 is 0 Å². The summed E-state index contributed by atoms with van der Waals surface area (Å²) in [6, 6.07) is 16.1. The number of carbonyl (C=O) groups excluding carboxylic acids is 1. The van der Waals surface area contributed by atoms with Crippen LogP contribution < -0.4 is 10.1 Å². The molecule has 0 saturated carbocycles. The molecule has 158 valence electrons. The number of fused-ring (bicyclic) bond motifs is 1. The highest BCUT2D eigenvalue weighted by Crippen LogP contribution is 2.31. The Morgan fingerprint density at radius 3 is 2.84 bits per heavy atom. The van der Waals surface area contributed by atoms with Crippen LogP contribution in [0.2, 0.25) is 0 Å². The van der Waals surface area contributed by atoms with Gasteiger partial charge in [-0.1, -0.05) is 11.2 Å². The molecule has 3 aromatic heterocycles. The lowest BCUT2D eigenvalue weighted by Crippen LogP contribution is -2.11. The van der Waals surface area contributed by atoms with Crippen LogP contribution in [0.1, 0.15) is 16.1 Å². The number of rotatable bonds is 5. The first-order valence-corrected chi connectivity index (χ1v) is 9.84. The van der Waals surface area contributed by atoms with Crippen molar-refractivity contribution in [1.29, 1.82) is 0 Å². The van der Waals surface area contributed by atoms with E-state index < -0.39 is 0 Å². The van der Waals surface area contributed by atoms with Crippen LogP contribution in [-0.4, -0.2) is 28.1 Å². The van der Waals surface area contributed by atoms with Gasteiger partial charge in [-0.15, -0.1) is 0 Å². The van der Waals surface area contributed by atoms with Crippen molar-refractivity contribution in [2.75, 3.05) is 12.4 Å². The van der Waals surface area contributed by atoms with E-state index in [0.29, 0.717) is 45.2 Å². The monoisotopic (exact) mass is 426 g/mol. The SMILES string of the molecule is COc1cccc(-c2nc(-c3noc4ccc(C(=O)Nc5ccnc(C)c5)cc34)co2)c1. The highest BCUT2D eigenvalue weighted by atomic mass is 16.5. The van der Waals surface area contributed by atoms with Crippen molar-refractivity contribution in [3.63, 3.8) is 0 Å². The standard InChI is InChI=1S/C24H18N4O4/c1-14-10-17(8-9-25-14)26-23(29)15-6-7-21-19(12-15)22(28-32-21)20-13-31-24(27-20)16-4-3-5-18(11-16)30-2/h3-13H,1-2H3,(H,25,26,29). The minimum atomic E-state index is -0.248. The number of amides is 1. The zero-order valence-electron chi connectivity index (χ0n) is 17.3. The molecule has 1 N–H and O–H groups in total. The van der Waals surface area contributed by atoms with E-state index in [-0.39, 0.29) is 5.91 Å². The lowest BCUT2D eigenvalue weighted by atomic mass is 10.1. The van der Waals surface area contributed by atoms with E-state index in [1.54, 1.807) is 43.6 Å². The Morgan fingerprint density at radius 2 is 2.00 bits per heavy atom. The number of anilines is 1. The van der Waals surface area contributed by atoms with Crippen molar-refractivity contribution in [3.05, 3.63) is 78.3 Å². The van der Waals surface area contributed by atoms with Gasteiger partial charge in [-0.3, -0.25) is 9.78 Å². The minimum absolute atomic E-state index is 0.248. The number of hydrogen-bond donors (Lipinski definition) is 1. The number of hydrogen-bond acceptors (Lipinski definition) is 7. The van der Waals surface area contributed by atoms with E-state index in [9.17, 15) is 4.79 Å². The highest BCUT2D eigenvalue weighted by Gasteiger charge is 2.18. The molecule has 0 atom stereocenters. The van der Waals surface area contributed by atoms with Crippen molar-refractivity contribution < 1.29 is 18.5 Å². The number of aryl methyl sites for hydroxylation is 1. The topological polar surface area (TPSA) is 103 Å². The Morgan fingerprint density at radius 1 is 1.09 bits per heavy atom. The molecule has 5 rings (SSSR count). The smallest absolute Gasteiger partial charge is 0.255 e. The summed E-state index contributed by atoms with van der Waals surface area (Å²) in [6.07, 6.45) is 3.16. The third-order valence-corrected chi connectivity index (χ3v) is 4.95. The number of nitrogens with zero attached hydrogens (tertiary/aromatic N) is 3. The second-order valence-electron chi connectivity index (χ2n) is 7.15. The summed E-state index contributed by atoms with van der Waals surface area (Å²) < 4.78 is 16.3. The first-order chi connectivity index (χ1) is 15.6. The normalized spacial score (nSPS) is 10.9. The molecule has 0 spiro atoms. The molecule has 8 nitrogen and oxygen atoms in total. The lowest BCUT2D eigenvalue weighted by Gasteiger charge is -2.05. The Bertz CT molecular complexity index is 1440. The van der Waals surface area contributed by atoms with Crippen LogP contribution in [0.3, 0.4) is 0 Å².